The Hall–Kier alpha value is -3.01. The van der Waals surface area contributed by atoms with Crippen LogP contribution in [0.4, 0.5) is 10.5 Å². The van der Waals surface area contributed by atoms with Gasteiger partial charge in [-0.25, -0.2) is 4.79 Å². The minimum atomic E-state index is -0.443. The van der Waals surface area contributed by atoms with Crippen molar-refractivity contribution in [1.82, 2.24) is 15.1 Å². The number of nitrogens with one attached hydrogen (secondary N) is 2. The number of carbonyl (C=O) groups is 4. The number of urea groups is 1. The molecule has 2 atom stereocenters. The van der Waals surface area contributed by atoms with Crippen molar-refractivity contribution >= 4 is 41.2 Å². The lowest BCUT2D eigenvalue weighted by Gasteiger charge is -2.42. The van der Waals surface area contributed by atoms with E-state index in [1.165, 1.54) is 21.6 Å². The van der Waals surface area contributed by atoms with Crippen LogP contribution < -0.4 is 15.4 Å². The minimum Gasteiger partial charge on any atom is -0.497 e. The van der Waals surface area contributed by atoms with Crippen molar-refractivity contribution in [2.24, 2.45) is 11.8 Å². The van der Waals surface area contributed by atoms with E-state index >= 15 is 0 Å². The van der Waals surface area contributed by atoms with Crippen molar-refractivity contribution in [2.75, 3.05) is 32.6 Å². The van der Waals surface area contributed by atoms with E-state index in [1.807, 2.05) is 11.5 Å². The maximum Gasteiger partial charge on any atom is 0.327 e. The topological polar surface area (TPSA) is 108 Å². The largest absolute Gasteiger partial charge is 0.497 e. The Balaban J connectivity index is 1.42. The predicted molar refractivity (Wildman–Crippen MR) is 129 cm³/mol. The third-order valence-electron chi connectivity index (χ3n) is 6.73. The quantitative estimate of drug-likeness (QED) is 0.613. The van der Waals surface area contributed by atoms with Gasteiger partial charge in [0.05, 0.1) is 13.2 Å². The van der Waals surface area contributed by atoms with Crippen LogP contribution in [0.5, 0.6) is 5.75 Å². The number of fused-ring (bicyclic) bond motifs is 1. The summed E-state index contributed by atoms with van der Waals surface area (Å²) in [5.74, 6) is 0.258. The number of hydrogen-bond donors (Lipinski definition) is 2. The summed E-state index contributed by atoms with van der Waals surface area (Å²) < 4.78 is 5.19. The van der Waals surface area contributed by atoms with E-state index in [-0.39, 0.29) is 36.1 Å². The normalized spacial score (nSPS) is 26.3. The van der Waals surface area contributed by atoms with Crippen molar-refractivity contribution in [1.29, 1.82) is 0 Å². The van der Waals surface area contributed by atoms with Gasteiger partial charge < -0.3 is 20.3 Å². The van der Waals surface area contributed by atoms with Crippen LogP contribution in [-0.2, 0) is 14.4 Å². The lowest BCUT2D eigenvalue weighted by atomic mass is 9.81. The minimum absolute atomic E-state index is 0.00946. The molecular formula is C24H30N4O5S. The lowest BCUT2D eigenvalue weighted by Crippen LogP contribution is -2.63. The fourth-order valence-electron chi connectivity index (χ4n) is 4.86. The SMILES string of the molecule is CNC(=O)C1CCC(CN2C(=O)C3SC=CC3N(CC(=O)Nc3cccc(OC)c3)C2=O)CC1. The molecule has 2 heterocycles. The van der Waals surface area contributed by atoms with Crippen LogP contribution in [0.3, 0.4) is 0 Å². The third kappa shape index (κ3) is 5.06. The molecule has 3 aliphatic rings. The average Bonchev–Trinajstić information content (AvgIpc) is 3.34. The number of thioether (sulfide) groups is 1. The second-order valence-electron chi connectivity index (χ2n) is 8.85. The Bertz CT molecular complexity index is 991. The third-order valence-corrected chi connectivity index (χ3v) is 7.82. The molecule has 1 saturated heterocycles. The van der Waals surface area contributed by atoms with Crippen molar-refractivity contribution in [3.05, 3.63) is 35.7 Å². The van der Waals surface area contributed by atoms with Crippen LogP contribution in [0, 0.1) is 11.8 Å². The lowest BCUT2D eigenvalue weighted by molar-refractivity contribution is -0.133. The molecule has 0 radical (unpaired) electrons. The summed E-state index contributed by atoms with van der Waals surface area (Å²) in [5, 5.41) is 6.89. The zero-order valence-electron chi connectivity index (χ0n) is 19.4. The summed E-state index contributed by atoms with van der Waals surface area (Å²) in [5.41, 5.74) is 0.572. The van der Waals surface area contributed by atoms with E-state index in [0.29, 0.717) is 18.0 Å². The first-order chi connectivity index (χ1) is 16.4. The molecular weight excluding hydrogens is 456 g/mol. The van der Waals surface area contributed by atoms with Gasteiger partial charge >= 0.3 is 6.03 Å². The van der Waals surface area contributed by atoms with Gasteiger partial charge in [0, 0.05) is 31.3 Å². The first-order valence-corrected chi connectivity index (χ1v) is 12.4. The van der Waals surface area contributed by atoms with Crippen LogP contribution in [0.2, 0.25) is 0 Å². The summed E-state index contributed by atoms with van der Waals surface area (Å²) in [7, 11) is 3.19. The van der Waals surface area contributed by atoms with Gasteiger partial charge in [-0.1, -0.05) is 12.1 Å². The molecule has 10 heteroatoms. The van der Waals surface area contributed by atoms with Crippen LogP contribution in [0.1, 0.15) is 25.7 Å². The van der Waals surface area contributed by atoms with Crippen molar-refractivity contribution in [3.8, 4) is 5.75 Å². The van der Waals surface area contributed by atoms with Gasteiger partial charge in [0.25, 0.3) is 0 Å². The van der Waals surface area contributed by atoms with Gasteiger partial charge in [-0.05, 0) is 49.1 Å². The van der Waals surface area contributed by atoms with E-state index in [4.69, 9.17) is 4.74 Å². The maximum absolute atomic E-state index is 13.4. The van der Waals surface area contributed by atoms with E-state index in [2.05, 4.69) is 10.6 Å². The molecule has 4 rings (SSSR count). The van der Waals surface area contributed by atoms with Crippen molar-refractivity contribution in [3.63, 3.8) is 0 Å². The highest BCUT2D eigenvalue weighted by Gasteiger charge is 2.48. The standard InChI is InChI=1S/C24H30N4O5S/c1-25-22(30)16-8-6-15(7-9-16)13-28-23(31)21-19(10-11-34-21)27(24(28)32)14-20(29)26-17-4-3-5-18(12-17)33-2/h3-5,10-12,15-16,19,21H,6-9,13-14H2,1-2H3,(H,25,30)(H,26,29). The molecule has 34 heavy (non-hydrogen) atoms. The van der Waals surface area contributed by atoms with Crippen LogP contribution in [-0.4, -0.2) is 72.1 Å². The maximum atomic E-state index is 13.4. The molecule has 2 fully saturated rings. The molecule has 0 aromatic heterocycles. The molecule has 1 saturated carbocycles. The molecule has 0 bridgehead atoms. The number of hydrogen-bond acceptors (Lipinski definition) is 6. The van der Waals surface area contributed by atoms with Gasteiger partial charge in [-0.15, -0.1) is 11.8 Å². The van der Waals surface area contributed by atoms with Gasteiger partial charge in [0.15, 0.2) is 0 Å². The second-order valence-corrected chi connectivity index (χ2v) is 9.90. The fourth-order valence-corrected chi connectivity index (χ4v) is 5.92. The highest BCUT2D eigenvalue weighted by atomic mass is 32.2. The fraction of sp³-hybridized carbons (Fsp3) is 0.500. The van der Waals surface area contributed by atoms with Crippen LogP contribution in [0.25, 0.3) is 0 Å². The van der Waals surface area contributed by atoms with E-state index < -0.39 is 17.3 Å². The number of carbonyl (C=O) groups excluding carboxylic acids is 4. The predicted octanol–water partition coefficient (Wildman–Crippen LogP) is 2.45. The van der Waals surface area contributed by atoms with Crippen LogP contribution in [0.15, 0.2) is 35.7 Å². The zero-order valence-corrected chi connectivity index (χ0v) is 20.2. The number of ether oxygens (including phenoxy) is 1. The van der Waals surface area contributed by atoms with Crippen molar-refractivity contribution < 1.29 is 23.9 Å². The molecule has 1 aliphatic carbocycles. The molecule has 2 aliphatic heterocycles. The number of methoxy groups -OCH3 is 1. The Labute approximate surface area is 203 Å². The van der Waals surface area contributed by atoms with Gasteiger partial charge in [-0.3, -0.25) is 19.3 Å². The Morgan fingerprint density at radius 1 is 1.18 bits per heavy atom. The summed E-state index contributed by atoms with van der Waals surface area (Å²) in [6, 6.07) is 6.12. The number of rotatable bonds is 7. The average molecular weight is 487 g/mol. The number of amides is 5. The second kappa shape index (κ2) is 10.5. The molecule has 9 nitrogen and oxygen atoms in total. The Morgan fingerprint density at radius 2 is 1.94 bits per heavy atom. The Kier molecular flexibility index (Phi) is 7.45. The summed E-state index contributed by atoms with van der Waals surface area (Å²) in [6.07, 6.45) is 4.87. The highest BCUT2D eigenvalue weighted by molar-refractivity contribution is 8.03. The van der Waals surface area contributed by atoms with E-state index in [1.54, 1.807) is 38.4 Å². The van der Waals surface area contributed by atoms with E-state index in [0.717, 1.165) is 25.7 Å². The molecule has 2 unspecified atom stereocenters. The van der Waals surface area contributed by atoms with Crippen molar-refractivity contribution in [2.45, 2.75) is 37.0 Å². The van der Waals surface area contributed by atoms with Gasteiger partial charge in [0.1, 0.15) is 17.5 Å². The highest BCUT2D eigenvalue weighted by Crippen LogP contribution is 2.36. The number of benzene rings is 1. The summed E-state index contributed by atoms with van der Waals surface area (Å²) >= 11 is 1.38. The van der Waals surface area contributed by atoms with Gasteiger partial charge in [-0.2, -0.15) is 0 Å². The monoisotopic (exact) mass is 486 g/mol. The molecule has 0 spiro atoms. The molecule has 1 aromatic rings. The van der Waals surface area contributed by atoms with Gasteiger partial charge in [0.2, 0.25) is 17.7 Å². The molecule has 2 N–H and O–H groups in total. The Morgan fingerprint density at radius 3 is 2.65 bits per heavy atom. The molecule has 5 amide bonds. The molecule has 1 aromatic carbocycles. The van der Waals surface area contributed by atoms with E-state index in [9.17, 15) is 19.2 Å². The summed E-state index contributed by atoms with van der Waals surface area (Å²) in [6.45, 7) is 0.158. The molecule has 182 valence electrons. The first kappa shape index (κ1) is 24.1. The smallest absolute Gasteiger partial charge is 0.327 e. The number of nitrogens with zero attached hydrogens (tertiary/aromatic N) is 2. The number of anilines is 1. The number of imide groups is 1. The zero-order chi connectivity index (χ0) is 24.2. The van der Waals surface area contributed by atoms with Crippen LogP contribution >= 0.6 is 11.8 Å². The summed E-state index contributed by atoms with van der Waals surface area (Å²) in [4.78, 5) is 54.0. The first-order valence-electron chi connectivity index (χ1n) is 11.5.